The Morgan fingerprint density at radius 1 is 1.30 bits per heavy atom. The summed E-state index contributed by atoms with van der Waals surface area (Å²) in [5, 5.41) is 12.7. The number of carbonyl (C=O) groups is 1. The number of nitrogens with one attached hydrogen (secondary N) is 1. The Labute approximate surface area is 123 Å². The summed E-state index contributed by atoms with van der Waals surface area (Å²) < 4.78 is 5.25. The molecule has 0 fully saturated rings. The van der Waals surface area contributed by atoms with Crippen molar-refractivity contribution in [1.29, 1.82) is 5.26 Å². The molecular formula is C15H20N2O2S. The lowest BCUT2D eigenvalue weighted by Crippen LogP contribution is -2.27. The van der Waals surface area contributed by atoms with Crippen LogP contribution in [0.4, 0.5) is 9.80 Å². The topological polar surface area (TPSA) is 62.1 Å². The number of fused-ring (bicyclic) bond motifs is 1. The molecular weight excluding hydrogens is 272 g/mol. The average molecular weight is 292 g/mol. The van der Waals surface area contributed by atoms with Crippen LogP contribution in [0.25, 0.3) is 0 Å². The molecule has 108 valence electrons. The zero-order chi connectivity index (χ0) is 14.8. The molecule has 0 unspecified atom stereocenters. The van der Waals surface area contributed by atoms with Gasteiger partial charge in [-0.25, -0.2) is 4.79 Å². The van der Waals surface area contributed by atoms with Gasteiger partial charge in [-0.3, -0.25) is 5.32 Å². The lowest BCUT2D eigenvalue weighted by molar-refractivity contribution is 0.0636. The van der Waals surface area contributed by atoms with Gasteiger partial charge in [0.1, 0.15) is 16.7 Å². The van der Waals surface area contributed by atoms with E-state index >= 15 is 0 Å². The van der Waals surface area contributed by atoms with Gasteiger partial charge < -0.3 is 4.74 Å². The molecule has 0 aliphatic heterocycles. The summed E-state index contributed by atoms with van der Waals surface area (Å²) in [5.41, 5.74) is 1.21. The molecule has 0 saturated heterocycles. The van der Waals surface area contributed by atoms with Crippen LogP contribution >= 0.6 is 11.3 Å². The van der Waals surface area contributed by atoms with Crippen molar-refractivity contribution < 1.29 is 9.53 Å². The Bertz CT molecular complexity index is 549. The van der Waals surface area contributed by atoms with Crippen LogP contribution in [0.5, 0.6) is 0 Å². The van der Waals surface area contributed by atoms with E-state index in [1.54, 1.807) is 0 Å². The van der Waals surface area contributed by atoms with Crippen molar-refractivity contribution in [2.24, 2.45) is 0 Å². The SMILES string of the molecule is CC(C)(C)OC(=O)Nc1sc2c(c1C#N)CCCCC2. The maximum atomic E-state index is 11.8. The van der Waals surface area contributed by atoms with E-state index in [0.29, 0.717) is 10.6 Å². The van der Waals surface area contributed by atoms with Crippen LogP contribution in [-0.2, 0) is 17.6 Å². The predicted octanol–water partition coefficient (Wildman–Crippen LogP) is 4.24. The van der Waals surface area contributed by atoms with Gasteiger partial charge in [-0.05, 0) is 52.0 Å². The number of aryl methyl sites for hydroxylation is 1. The first-order chi connectivity index (χ1) is 9.40. The zero-order valence-corrected chi connectivity index (χ0v) is 13.0. The largest absolute Gasteiger partial charge is 0.444 e. The second-order valence-corrected chi connectivity index (χ2v) is 7.11. The monoisotopic (exact) mass is 292 g/mol. The molecule has 4 nitrogen and oxygen atoms in total. The molecule has 0 spiro atoms. The molecule has 1 aromatic heterocycles. The minimum Gasteiger partial charge on any atom is -0.444 e. The number of rotatable bonds is 1. The lowest BCUT2D eigenvalue weighted by Gasteiger charge is -2.19. The summed E-state index contributed by atoms with van der Waals surface area (Å²) in [5.74, 6) is 0. The number of hydrogen-bond donors (Lipinski definition) is 1. The molecule has 2 rings (SSSR count). The molecule has 0 aromatic carbocycles. The molecule has 20 heavy (non-hydrogen) atoms. The van der Waals surface area contributed by atoms with E-state index in [2.05, 4.69) is 11.4 Å². The second-order valence-electron chi connectivity index (χ2n) is 6.01. The third-order valence-electron chi connectivity index (χ3n) is 3.15. The van der Waals surface area contributed by atoms with Gasteiger partial charge in [0, 0.05) is 4.88 Å². The van der Waals surface area contributed by atoms with Gasteiger partial charge >= 0.3 is 6.09 Å². The Balaban J connectivity index is 2.21. The standard InChI is InChI=1S/C15H20N2O2S/c1-15(2,3)19-14(18)17-13-11(9-16)10-7-5-4-6-8-12(10)20-13/h4-8H2,1-3H3,(H,17,18). The van der Waals surface area contributed by atoms with Gasteiger partial charge in [-0.2, -0.15) is 5.26 Å². The number of amides is 1. The summed E-state index contributed by atoms with van der Waals surface area (Å²) in [7, 11) is 0. The van der Waals surface area contributed by atoms with Crippen LogP contribution in [0.3, 0.4) is 0 Å². The highest BCUT2D eigenvalue weighted by Crippen LogP contribution is 2.37. The summed E-state index contributed by atoms with van der Waals surface area (Å²) >= 11 is 1.52. The fourth-order valence-corrected chi connectivity index (χ4v) is 3.57. The molecule has 1 aromatic rings. The number of nitriles is 1. The van der Waals surface area contributed by atoms with Crippen molar-refractivity contribution in [1.82, 2.24) is 0 Å². The first-order valence-electron chi connectivity index (χ1n) is 6.95. The minimum absolute atomic E-state index is 0.495. The molecule has 5 heteroatoms. The molecule has 1 heterocycles. The first-order valence-corrected chi connectivity index (χ1v) is 7.77. The number of thiophene rings is 1. The van der Waals surface area contributed by atoms with Crippen LogP contribution in [-0.4, -0.2) is 11.7 Å². The van der Waals surface area contributed by atoms with Gasteiger partial charge in [0.15, 0.2) is 0 Å². The highest BCUT2D eigenvalue weighted by atomic mass is 32.1. The number of ether oxygens (including phenoxy) is 1. The van der Waals surface area contributed by atoms with Crippen LogP contribution in [0.2, 0.25) is 0 Å². The summed E-state index contributed by atoms with van der Waals surface area (Å²) in [6.45, 7) is 5.46. The van der Waals surface area contributed by atoms with Gasteiger partial charge in [-0.1, -0.05) is 6.42 Å². The van der Waals surface area contributed by atoms with E-state index in [9.17, 15) is 10.1 Å². The quantitative estimate of drug-likeness (QED) is 0.788. The van der Waals surface area contributed by atoms with Crippen molar-refractivity contribution in [3.63, 3.8) is 0 Å². The fourth-order valence-electron chi connectivity index (χ4n) is 2.35. The summed E-state index contributed by atoms with van der Waals surface area (Å²) in [6, 6.07) is 2.24. The van der Waals surface area contributed by atoms with Crippen LogP contribution in [0, 0.1) is 11.3 Å². The smallest absolute Gasteiger partial charge is 0.412 e. The van der Waals surface area contributed by atoms with Gasteiger partial charge in [0.05, 0.1) is 5.56 Å². The number of carbonyl (C=O) groups excluding carboxylic acids is 1. The van der Waals surface area contributed by atoms with E-state index in [4.69, 9.17) is 4.74 Å². The number of hydrogen-bond acceptors (Lipinski definition) is 4. The Hall–Kier alpha value is -1.54. The maximum absolute atomic E-state index is 11.8. The molecule has 1 amide bonds. The predicted molar refractivity (Wildman–Crippen MR) is 80.1 cm³/mol. The van der Waals surface area contributed by atoms with Gasteiger partial charge in [0.2, 0.25) is 0 Å². The Kier molecular flexibility index (Phi) is 4.34. The highest BCUT2D eigenvalue weighted by molar-refractivity contribution is 7.16. The molecule has 0 saturated carbocycles. The fraction of sp³-hybridized carbons (Fsp3) is 0.600. The molecule has 1 aliphatic carbocycles. The van der Waals surface area contributed by atoms with E-state index < -0.39 is 11.7 Å². The van der Waals surface area contributed by atoms with Crippen molar-refractivity contribution in [3.8, 4) is 6.07 Å². The Morgan fingerprint density at radius 3 is 2.65 bits per heavy atom. The van der Waals surface area contributed by atoms with E-state index in [0.717, 1.165) is 31.2 Å². The first kappa shape index (κ1) is 14.9. The highest BCUT2D eigenvalue weighted by Gasteiger charge is 2.23. The molecule has 0 radical (unpaired) electrons. The number of nitrogens with zero attached hydrogens (tertiary/aromatic N) is 1. The molecule has 1 aliphatic rings. The Morgan fingerprint density at radius 2 is 2.00 bits per heavy atom. The van der Waals surface area contributed by atoms with Crippen LogP contribution in [0.1, 0.15) is 56.0 Å². The van der Waals surface area contributed by atoms with Gasteiger partial charge in [0.25, 0.3) is 0 Å². The van der Waals surface area contributed by atoms with Crippen molar-refractivity contribution >= 4 is 22.4 Å². The average Bonchev–Trinajstić information content (AvgIpc) is 2.50. The van der Waals surface area contributed by atoms with E-state index in [1.165, 1.54) is 22.6 Å². The summed E-state index contributed by atoms with van der Waals surface area (Å²) in [6.07, 6.45) is 4.93. The normalized spacial score (nSPS) is 14.9. The van der Waals surface area contributed by atoms with Crippen LogP contribution < -0.4 is 5.32 Å². The molecule has 0 bridgehead atoms. The van der Waals surface area contributed by atoms with Crippen LogP contribution in [0.15, 0.2) is 0 Å². The number of anilines is 1. The maximum Gasteiger partial charge on any atom is 0.412 e. The molecule has 0 atom stereocenters. The zero-order valence-electron chi connectivity index (χ0n) is 12.2. The van der Waals surface area contributed by atoms with E-state index in [1.807, 2.05) is 20.8 Å². The summed E-state index contributed by atoms with van der Waals surface area (Å²) in [4.78, 5) is 13.1. The third kappa shape index (κ3) is 3.51. The lowest BCUT2D eigenvalue weighted by atomic mass is 10.1. The second kappa shape index (κ2) is 5.84. The molecule has 1 N–H and O–H groups in total. The minimum atomic E-state index is -0.536. The van der Waals surface area contributed by atoms with Gasteiger partial charge in [-0.15, -0.1) is 11.3 Å². The van der Waals surface area contributed by atoms with Crippen molar-refractivity contribution in [2.75, 3.05) is 5.32 Å². The van der Waals surface area contributed by atoms with Crippen molar-refractivity contribution in [2.45, 2.75) is 58.5 Å². The third-order valence-corrected chi connectivity index (χ3v) is 4.35. The van der Waals surface area contributed by atoms with Crippen molar-refractivity contribution in [3.05, 3.63) is 16.0 Å². The van der Waals surface area contributed by atoms with E-state index in [-0.39, 0.29) is 0 Å².